The molecule has 0 radical (unpaired) electrons. The van der Waals surface area contributed by atoms with Crippen molar-refractivity contribution in [3.63, 3.8) is 0 Å². The van der Waals surface area contributed by atoms with Gasteiger partial charge >= 0.3 is 0 Å². The van der Waals surface area contributed by atoms with Crippen LogP contribution in [0.4, 0.5) is 4.39 Å². The number of nitrogens with one attached hydrogen (secondary N) is 1. The molecule has 0 aromatic heterocycles. The molecule has 0 bridgehead atoms. The van der Waals surface area contributed by atoms with Gasteiger partial charge in [-0.1, -0.05) is 18.2 Å². The van der Waals surface area contributed by atoms with Gasteiger partial charge < -0.3 is 34.8 Å². The number of carbonyl (C=O) groups is 1. The van der Waals surface area contributed by atoms with Crippen molar-refractivity contribution in [1.29, 1.82) is 0 Å². The van der Waals surface area contributed by atoms with Gasteiger partial charge in [-0.15, -0.1) is 0 Å². The second-order valence-electron chi connectivity index (χ2n) is 8.53. The molecule has 2 aromatic rings. The van der Waals surface area contributed by atoms with Crippen molar-refractivity contribution in [2.24, 2.45) is 0 Å². The fourth-order valence-electron chi connectivity index (χ4n) is 4.09. The number of halogens is 1. The van der Waals surface area contributed by atoms with Crippen LogP contribution in [0.1, 0.15) is 26.3 Å². The number of benzene rings is 2. The highest BCUT2D eigenvalue weighted by molar-refractivity contribution is 5.77. The van der Waals surface area contributed by atoms with Gasteiger partial charge in [0.25, 0.3) is 0 Å². The van der Waals surface area contributed by atoms with Crippen molar-refractivity contribution in [3.05, 3.63) is 47.8 Å². The topological polar surface area (TPSA) is 117 Å². The third-order valence-corrected chi connectivity index (χ3v) is 5.65. The Labute approximate surface area is 191 Å². The van der Waals surface area contributed by atoms with Crippen molar-refractivity contribution in [2.75, 3.05) is 13.7 Å². The van der Waals surface area contributed by atoms with Crippen molar-refractivity contribution >= 4 is 5.91 Å². The number of aromatic hydroxyl groups is 1. The fraction of sp³-hybridized carbons (Fsp3) is 0.458. The van der Waals surface area contributed by atoms with Gasteiger partial charge in [-0.2, -0.15) is 0 Å². The van der Waals surface area contributed by atoms with Gasteiger partial charge in [-0.05, 0) is 49.6 Å². The first kappa shape index (κ1) is 24.9. The zero-order valence-electron chi connectivity index (χ0n) is 19.0. The first-order valence-electron chi connectivity index (χ1n) is 10.6. The molecular formula is C24H30FNO7. The summed E-state index contributed by atoms with van der Waals surface area (Å²) >= 11 is 0. The molecule has 1 aliphatic rings. The minimum atomic E-state index is -1.44. The second kappa shape index (κ2) is 10.0. The molecule has 8 nitrogen and oxygen atoms in total. The minimum absolute atomic E-state index is 0.0135. The van der Waals surface area contributed by atoms with Gasteiger partial charge in [0.1, 0.15) is 24.1 Å². The van der Waals surface area contributed by atoms with Crippen LogP contribution in [0.2, 0.25) is 0 Å². The van der Waals surface area contributed by atoms with E-state index in [0.717, 1.165) is 0 Å². The van der Waals surface area contributed by atoms with E-state index in [9.17, 15) is 24.5 Å². The largest absolute Gasteiger partial charge is 0.504 e. The highest BCUT2D eigenvalue weighted by Crippen LogP contribution is 2.42. The smallest absolute Gasteiger partial charge is 0.229 e. The van der Waals surface area contributed by atoms with Gasteiger partial charge in [0.05, 0.1) is 5.60 Å². The van der Waals surface area contributed by atoms with Crippen molar-refractivity contribution < 1.29 is 38.7 Å². The van der Waals surface area contributed by atoms with E-state index in [-0.39, 0.29) is 17.4 Å². The Morgan fingerprint density at radius 3 is 2.58 bits per heavy atom. The summed E-state index contributed by atoms with van der Waals surface area (Å²) < 4.78 is 30.8. The third kappa shape index (κ3) is 5.44. The molecule has 33 heavy (non-hydrogen) atoms. The Morgan fingerprint density at radius 1 is 1.21 bits per heavy atom. The van der Waals surface area contributed by atoms with Gasteiger partial charge in [-0.25, -0.2) is 4.39 Å². The number of aliphatic hydroxyl groups is 2. The predicted octanol–water partition coefficient (Wildman–Crippen LogP) is 2.13. The molecule has 0 spiro atoms. The quantitative estimate of drug-likeness (QED) is 0.497. The second-order valence-corrected chi connectivity index (χ2v) is 8.53. The molecule has 4 N–H and O–H groups in total. The lowest BCUT2D eigenvalue weighted by Crippen LogP contribution is -2.63. The van der Waals surface area contributed by atoms with Crippen LogP contribution in [0.15, 0.2) is 36.4 Å². The van der Waals surface area contributed by atoms with Crippen LogP contribution in [0.5, 0.6) is 11.5 Å². The molecule has 9 heteroatoms. The van der Waals surface area contributed by atoms with Gasteiger partial charge in [0.15, 0.2) is 11.5 Å². The molecule has 1 heterocycles. The average molecular weight is 464 g/mol. The molecule has 2 aromatic carbocycles. The molecule has 0 aliphatic carbocycles. The maximum absolute atomic E-state index is 13.9. The summed E-state index contributed by atoms with van der Waals surface area (Å²) in [6, 6.07) is 8.92. The summed E-state index contributed by atoms with van der Waals surface area (Å²) in [5, 5.41) is 34.8. The monoisotopic (exact) mass is 463 g/mol. The Hall–Kier alpha value is -2.72. The molecule has 1 fully saturated rings. The maximum atomic E-state index is 13.9. The number of hydrogen-bond acceptors (Lipinski definition) is 7. The average Bonchev–Trinajstić information content (AvgIpc) is 2.73. The lowest BCUT2D eigenvalue weighted by Gasteiger charge is -2.46. The molecule has 0 unspecified atom stereocenters. The number of amides is 1. The number of aliphatic hydroxyl groups excluding tert-OH is 2. The molecule has 1 aliphatic heterocycles. The zero-order chi connectivity index (χ0) is 24.3. The van der Waals surface area contributed by atoms with Crippen LogP contribution in [0.25, 0.3) is 11.1 Å². The maximum Gasteiger partial charge on any atom is 0.229 e. The van der Waals surface area contributed by atoms with E-state index in [1.807, 2.05) is 0 Å². The summed E-state index contributed by atoms with van der Waals surface area (Å²) in [5.74, 6) is -0.962. The molecule has 0 saturated carbocycles. The van der Waals surface area contributed by atoms with Crippen LogP contribution < -0.4 is 10.1 Å². The Kier molecular flexibility index (Phi) is 7.58. The van der Waals surface area contributed by atoms with E-state index < -0.39 is 36.0 Å². The van der Waals surface area contributed by atoms with E-state index in [4.69, 9.17) is 14.2 Å². The number of ether oxygens (including phenoxy) is 3. The van der Waals surface area contributed by atoms with Crippen LogP contribution in [-0.4, -0.2) is 65.1 Å². The summed E-state index contributed by atoms with van der Waals surface area (Å²) in [7, 11) is 1.41. The van der Waals surface area contributed by atoms with Gasteiger partial charge in [-0.3, -0.25) is 4.79 Å². The van der Waals surface area contributed by atoms with Gasteiger partial charge in [0.2, 0.25) is 12.2 Å². The molecule has 180 valence electrons. The van der Waals surface area contributed by atoms with Crippen LogP contribution >= 0.6 is 0 Å². The van der Waals surface area contributed by atoms with Crippen molar-refractivity contribution in [1.82, 2.24) is 5.32 Å². The summed E-state index contributed by atoms with van der Waals surface area (Å²) in [4.78, 5) is 11.2. The first-order chi connectivity index (χ1) is 15.5. The molecular weight excluding hydrogens is 433 g/mol. The van der Waals surface area contributed by atoms with E-state index in [2.05, 4.69) is 5.32 Å². The molecule has 1 amide bonds. The molecule has 1 saturated heterocycles. The van der Waals surface area contributed by atoms with E-state index in [1.54, 1.807) is 26.0 Å². The van der Waals surface area contributed by atoms with Crippen LogP contribution in [0, 0.1) is 5.82 Å². The van der Waals surface area contributed by atoms with Crippen molar-refractivity contribution in [2.45, 2.75) is 57.4 Å². The van der Waals surface area contributed by atoms with Gasteiger partial charge in [0, 0.05) is 26.1 Å². The Balaban J connectivity index is 1.96. The normalized spacial score (nSPS) is 24.3. The fourth-order valence-corrected chi connectivity index (χ4v) is 4.09. The zero-order valence-corrected chi connectivity index (χ0v) is 19.0. The highest BCUT2D eigenvalue weighted by atomic mass is 19.1. The Bertz CT molecular complexity index is 997. The molecule has 4 atom stereocenters. The standard InChI is InChI=1S/C24H30FNO7/c1-13(27)26-11-10-14-8-9-17(19(28)18(14)15-6-5-7-16(25)12-15)32-23-21(30)20(29)22(31-4)24(2,3)33-23/h5-9,12,20-23,28-30H,10-11H2,1-4H3,(H,26,27)/t20-,21+,22+,23-/m0/s1. The number of phenols is 1. The SMILES string of the molecule is CO[C@@H]1[C@@H](O)[C@@H](O)[C@@H](Oc2ccc(CCNC(C)=O)c(-c3cccc(F)c3)c2O)OC1(C)C. The Morgan fingerprint density at radius 2 is 1.94 bits per heavy atom. The summed E-state index contributed by atoms with van der Waals surface area (Å²) in [6.45, 7) is 5.10. The minimum Gasteiger partial charge on any atom is -0.504 e. The first-order valence-corrected chi connectivity index (χ1v) is 10.6. The lowest BCUT2D eigenvalue weighted by atomic mass is 9.89. The van der Waals surface area contributed by atoms with E-state index in [0.29, 0.717) is 29.7 Å². The number of carbonyl (C=O) groups excluding carboxylic acids is 1. The van der Waals surface area contributed by atoms with E-state index >= 15 is 0 Å². The molecule has 3 rings (SSSR count). The number of rotatable bonds is 7. The number of methoxy groups -OCH3 is 1. The van der Waals surface area contributed by atoms with Crippen molar-refractivity contribution in [3.8, 4) is 22.6 Å². The third-order valence-electron chi connectivity index (χ3n) is 5.65. The lowest BCUT2D eigenvalue weighted by molar-refractivity contribution is -0.306. The van der Waals surface area contributed by atoms with Crippen LogP contribution in [-0.2, 0) is 20.7 Å². The number of phenolic OH excluding ortho intramolecular Hbond substituents is 1. The summed E-state index contributed by atoms with van der Waals surface area (Å²) in [6.07, 6.45) is -4.44. The highest BCUT2D eigenvalue weighted by Gasteiger charge is 2.50. The predicted molar refractivity (Wildman–Crippen MR) is 118 cm³/mol. The van der Waals surface area contributed by atoms with E-state index in [1.165, 1.54) is 38.3 Å². The summed E-state index contributed by atoms with van der Waals surface area (Å²) in [5.41, 5.74) is 0.416. The van der Waals surface area contributed by atoms with Crippen LogP contribution in [0.3, 0.4) is 0 Å². The number of hydrogen-bond donors (Lipinski definition) is 4.